The molecule has 1 aliphatic rings. The van der Waals surface area contributed by atoms with Crippen molar-refractivity contribution in [3.8, 4) is 0 Å². The third kappa shape index (κ3) is 4.78. The average molecular weight is 335 g/mol. The molecule has 3 N–H and O–H groups in total. The molecule has 24 heavy (non-hydrogen) atoms. The van der Waals surface area contributed by atoms with E-state index in [0.717, 1.165) is 25.7 Å². The van der Waals surface area contributed by atoms with Crippen LogP contribution in [0.15, 0.2) is 18.2 Å². The van der Waals surface area contributed by atoms with Crippen LogP contribution in [0.3, 0.4) is 0 Å². The van der Waals surface area contributed by atoms with Crippen molar-refractivity contribution < 1.29 is 18.8 Å². The number of hydrogen-bond acceptors (Lipinski definition) is 3. The van der Waals surface area contributed by atoms with Crippen molar-refractivity contribution >= 4 is 29.1 Å². The highest BCUT2D eigenvalue weighted by Gasteiger charge is 2.31. The molecule has 130 valence electrons. The Morgan fingerprint density at radius 1 is 1.08 bits per heavy atom. The number of rotatable bonds is 5. The van der Waals surface area contributed by atoms with Crippen LogP contribution in [-0.4, -0.2) is 23.8 Å². The van der Waals surface area contributed by atoms with Gasteiger partial charge in [0.1, 0.15) is 11.9 Å². The molecule has 0 spiro atoms. The van der Waals surface area contributed by atoms with Crippen LogP contribution < -0.4 is 16.0 Å². The number of halogens is 1. The van der Waals surface area contributed by atoms with E-state index in [9.17, 15) is 18.8 Å². The van der Waals surface area contributed by atoms with Crippen molar-refractivity contribution in [3.05, 3.63) is 24.0 Å². The van der Waals surface area contributed by atoms with E-state index < -0.39 is 17.8 Å². The Labute approximate surface area is 140 Å². The molecule has 1 fully saturated rings. The van der Waals surface area contributed by atoms with Gasteiger partial charge in [0.05, 0.1) is 5.69 Å². The van der Waals surface area contributed by atoms with Crippen LogP contribution in [0.25, 0.3) is 0 Å². The largest absolute Gasteiger partial charge is 0.344 e. The molecule has 2 rings (SSSR count). The van der Waals surface area contributed by atoms with Gasteiger partial charge in [-0.05, 0) is 37.0 Å². The first kappa shape index (κ1) is 17.9. The lowest BCUT2D eigenvalue weighted by Crippen LogP contribution is -2.47. The number of benzene rings is 1. The van der Waals surface area contributed by atoms with Crippen molar-refractivity contribution in [1.29, 1.82) is 0 Å². The lowest BCUT2D eigenvalue weighted by atomic mass is 9.97. The summed E-state index contributed by atoms with van der Waals surface area (Å²) in [6.45, 7) is 2.65. The van der Waals surface area contributed by atoms with E-state index in [1.165, 1.54) is 32.0 Å². The van der Waals surface area contributed by atoms with Gasteiger partial charge in [-0.25, -0.2) is 4.39 Å². The molecule has 7 heteroatoms. The highest BCUT2D eigenvalue weighted by atomic mass is 19.1. The molecule has 1 atom stereocenters. The fourth-order valence-electron chi connectivity index (χ4n) is 3.02. The monoisotopic (exact) mass is 335 g/mol. The molecule has 0 saturated heterocycles. The van der Waals surface area contributed by atoms with Crippen molar-refractivity contribution in [2.24, 2.45) is 5.92 Å². The van der Waals surface area contributed by atoms with Crippen LogP contribution in [0.5, 0.6) is 0 Å². The second-order valence-electron chi connectivity index (χ2n) is 6.09. The van der Waals surface area contributed by atoms with Gasteiger partial charge in [0.2, 0.25) is 17.7 Å². The van der Waals surface area contributed by atoms with Crippen LogP contribution in [0, 0.1) is 11.7 Å². The zero-order valence-electron chi connectivity index (χ0n) is 13.8. The van der Waals surface area contributed by atoms with Gasteiger partial charge in [-0.15, -0.1) is 0 Å². The molecule has 1 saturated carbocycles. The fraction of sp³-hybridized carbons (Fsp3) is 0.471. The van der Waals surface area contributed by atoms with E-state index in [4.69, 9.17) is 0 Å². The third-order valence-electron chi connectivity index (χ3n) is 4.06. The molecular formula is C17H22FN3O3. The number of carbonyl (C=O) groups excluding carboxylic acids is 3. The summed E-state index contributed by atoms with van der Waals surface area (Å²) in [6, 6.07) is 3.33. The summed E-state index contributed by atoms with van der Waals surface area (Å²) < 4.78 is 13.7. The zero-order valence-corrected chi connectivity index (χ0v) is 13.8. The second kappa shape index (κ2) is 7.90. The first-order chi connectivity index (χ1) is 11.4. The smallest absolute Gasteiger partial charge is 0.247 e. The van der Waals surface area contributed by atoms with Gasteiger partial charge in [0, 0.05) is 19.5 Å². The number of amides is 3. The van der Waals surface area contributed by atoms with E-state index in [1.807, 2.05) is 0 Å². The highest BCUT2D eigenvalue weighted by molar-refractivity contribution is 5.98. The standard InChI is InChI=1S/C17H22FN3O3/c1-10(22)19-15-9-13(7-8-14(15)18)21-17(24)16(20-11(2)23)12-5-3-4-6-12/h7-9,12,16H,3-6H2,1-2H3,(H,19,22)(H,20,23)(H,21,24). The van der Waals surface area contributed by atoms with Crippen LogP contribution in [0.1, 0.15) is 39.5 Å². The maximum atomic E-state index is 13.7. The first-order valence-corrected chi connectivity index (χ1v) is 8.02. The molecule has 0 aromatic heterocycles. The number of carbonyl (C=O) groups is 3. The summed E-state index contributed by atoms with van der Waals surface area (Å²) in [5.41, 5.74) is 0.357. The summed E-state index contributed by atoms with van der Waals surface area (Å²) in [5.74, 6) is -1.49. The zero-order chi connectivity index (χ0) is 17.7. The molecule has 0 heterocycles. The Balaban J connectivity index is 2.13. The normalized spacial score (nSPS) is 15.6. The lowest BCUT2D eigenvalue weighted by molar-refractivity contribution is -0.126. The number of nitrogens with one attached hydrogen (secondary N) is 3. The maximum Gasteiger partial charge on any atom is 0.247 e. The molecule has 0 bridgehead atoms. The maximum absolute atomic E-state index is 13.7. The molecule has 1 aromatic carbocycles. The summed E-state index contributed by atoms with van der Waals surface area (Å²) in [4.78, 5) is 35.0. The summed E-state index contributed by atoms with van der Waals surface area (Å²) in [5, 5.41) is 7.77. The van der Waals surface area contributed by atoms with Gasteiger partial charge in [-0.1, -0.05) is 12.8 Å². The molecule has 1 aromatic rings. The fourth-order valence-corrected chi connectivity index (χ4v) is 3.02. The topological polar surface area (TPSA) is 87.3 Å². The Kier molecular flexibility index (Phi) is 5.89. The second-order valence-corrected chi connectivity index (χ2v) is 6.09. The number of hydrogen-bond donors (Lipinski definition) is 3. The predicted octanol–water partition coefficient (Wildman–Crippen LogP) is 2.42. The summed E-state index contributed by atoms with van der Waals surface area (Å²) in [7, 11) is 0. The Hall–Kier alpha value is -2.44. The lowest BCUT2D eigenvalue weighted by Gasteiger charge is -2.23. The average Bonchev–Trinajstić information content (AvgIpc) is 3.01. The summed E-state index contributed by atoms with van der Waals surface area (Å²) in [6.07, 6.45) is 3.85. The molecule has 0 aliphatic heterocycles. The molecule has 3 amide bonds. The van der Waals surface area contributed by atoms with Gasteiger partial charge in [0.25, 0.3) is 0 Å². The Bertz CT molecular complexity index is 642. The van der Waals surface area contributed by atoms with Crippen LogP contribution in [-0.2, 0) is 14.4 Å². The van der Waals surface area contributed by atoms with Crippen molar-refractivity contribution in [2.45, 2.75) is 45.6 Å². The molecule has 1 unspecified atom stereocenters. The molecular weight excluding hydrogens is 313 g/mol. The highest BCUT2D eigenvalue weighted by Crippen LogP contribution is 2.29. The minimum absolute atomic E-state index is 0.00255. The van der Waals surface area contributed by atoms with Crippen LogP contribution in [0.4, 0.5) is 15.8 Å². The van der Waals surface area contributed by atoms with E-state index in [-0.39, 0.29) is 23.4 Å². The molecule has 1 aliphatic carbocycles. The first-order valence-electron chi connectivity index (χ1n) is 8.02. The van der Waals surface area contributed by atoms with Crippen LogP contribution in [0.2, 0.25) is 0 Å². The Morgan fingerprint density at radius 3 is 2.33 bits per heavy atom. The predicted molar refractivity (Wildman–Crippen MR) is 88.9 cm³/mol. The molecule has 0 radical (unpaired) electrons. The minimum Gasteiger partial charge on any atom is -0.344 e. The molecule has 6 nitrogen and oxygen atoms in total. The SMILES string of the molecule is CC(=O)Nc1cc(NC(=O)C(NC(C)=O)C2CCCC2)ccc1F. The van der Waals surface area contributed by atoms with Gasteiger partial charge in [-0.3, -0.25) is 14.4 Å². The van der Waals surface area contributed by atoms with Gasteiger partial charge < -0.3 is 16.0 Å². The van der Waals surface area contributed by atoms with Crippen molar-refractivity contribution in [2.75, 3.05) is 10.6 Å². The van der Waals surface area contributed by atoms with Crippen LogP contribution >= 0.6 is 0 Å². The Morgan fingerprint density at radius 2 is 1.75 bits per heavy atom. The van der Waals surface area contributed by atoms with Gasteiger partial charge in [0.15, 0.2) is 0 Å². The van der Waals surface area contributed by atoms with E-state index in [1.54, 1.807) is 0 Å². The van der Waals surface area contributed by atoms with Gasteiger partial charge in [-0.2, -0.15) is 0 Å². The minimum atomic E-state index is -0.612. The number of anilines is 2. The van der Waals surface area contributed by atoms with E-state index in [2.05, 4.69) is 16.0 Å². The quantitative estimate of drug-likeness (QED) is 0.772. The van der Waals surface area contributed by atoms with E-state index in [0.29, 0.717) is 5.69 Å². The van der Waals surface area contributed by atoms with E-state index >= 15 is 0 Å². The third-order valence-corrected chi connectivity index (χ3v) is 4.06. The summed E-state index contributed by atoms with van der Waals surface area (Å²) >= 11 is 0. The van der Waals surface area contributed by atoms with Crippen molar-refractivity contribution in [3.63, 3.8) is 0 Å². The van der Waals surface area contributed by atoms with Gasteiger partial charge >= 0.3 is 0 Å². The van der Waals surface area contributed by atoms with Crippen molar-refractivity contribution in [1.82, 2.24) is 5.32 Å².